The second-order valence-corrected chi connectivity index (χ2v) is 2.62. The van der Waals surface area contributed by atoms with Gasteiger partial charge in [0.2, 0.25) is 0 Å². The molecule has 0 rings (SSSR count). The molecule has 1 N–H and O–H groups in total. The summed E-state index contributed by atoms with van der Waals surface area (Å²) in [5.41, 5.74) is 0.326. The quantitative estimate of drug-likeness (QED) is 0.684. The average Bonchev–Trinajstić information content (AvgIpc) is 2.05. The molecule has 0 aromatic heterocycles. The van der Waals surface area contributed by atoms with Crippen molar-refractivity contribution in [3.05, 3.63) is 11.6 Å². The van der Waals surface area contributed by atoms with Crippen LogP contribution in [0.15, 0.2) is 11.6 Å². The smallest absolute Gasteiger partial charge is 0.308 e. The van der Waals surface area contributed by atoms with Gasteiger partial charge in [0.25, 0.3) is 0 Å². The van der Waals surface area contributed by atoms with E-state index in [4.69, 9.17) is 10.4 Å². The molecule has 0 fully saturated rings. The number of aliphatic carboxylic acids is 1. The Morgan fingerprint density at radius 3 is 2.23 bits per heavy atom. The molecule has 3 nitrogen and oxygen atoms in total. The van der Waals surface area contributed by atoms with Crippen LogP contribution in [0.1, 0.15) is 34.1 Å². The van der Waals surface area contributed by atoms with Gasteiger partial charge in [-0.15, -0.1) is 0 Å². The molecule has 0 aliphatic carbocycles. The Balaban J connectivity index is 0. The summed E-state index contributed by atoms with van der Waals surface area (Å²) in [6, 6.07) is 1.84. The maximum Gasteiger partial charge on any atom is 0.308 e. The number of nitrogens with zero attached hydrogens (tertiary/aromatic N) is 1. The molecule has 0 heterocycles. The summed E-state index contributed by atoms with van der Waals surface area (Å²) >= 11 is 0. The first kappa shape index (κ1) is 14.2. The van der Waals surface area contributed by atoms with Gasteiger partial charge in [-0.05, 0) is 5.92 Å². The Kier molecular flexibility index (Phi) is 9.63. The average molecular weight is 183 g/mol. The van der Waals surface area contributed by atoms with Crippen molar-refractivity contribution < 1.29 is 9.90 Å². The first-order chi connectivity index (χ1) is 6.06. The second kappa shape index (κ2) is 8.79. The Hall–Kier alpha value is -1.30. The lowest BCUT2D eigenvalue weighted by molar-refractivity contribution is -0.136. The summed E-state index contributed by atoms with van der Waals surface area (Å²) in [7, 11) is 0. The molecular weight excluding hydrogens is 166 g/mol. The molecule has 0 aliphatic rings. The number of carbonyl (C=O) groups is 1. The van der Waals surface area contributed by atoms with E-state index in [9.17, 15) is 4.79 Å². The van der Waals surface area contributed by atoms with Crippen LogP contribution in [0.3, 0.4) is 0 Å². The van der Waals surface area contributed by atoms with Gasteiger partial charge >= 0.3 is 5.97 Å². The van der Waals surface area contributed by atoms with Crippen LogP contribution in [0.2, 0.25) is 0 Å². The third-order valence-electron chi connectivity index (χ3n) is 1.02. The van der Waals surface area contributed by atoms with E-state index in [-0.39, 0.29) is 12.3 Å². The summed E-state index contributed by atoms with van der Waals surface area (Å²) < 4.78 is 0. The highest BCUT2D eigenvalue weighted by Gasteiger charge is 2.02. The van der Waals surface area contributed by atoms with Crippen LogP contribution in [0.4, 0.5) is 0 Å². The fourth-order valence-electron chi connectivity index (χ4n) is 0.701. The van der Waals surface area contributed by atoms with Crippen LogP contribution in [-0.4, -0.2) is 11.1 Å². The largest absolute Gasteiger partial charge is 0.481 e. The minimum atomic E-state index is -0.960. The molecule has 0 radical (unpaired) electrons. The van der Waals surface area contributed by atoms with Crippen molar-refractivity contribution >= 4 is 5.97 Å². The normalized spacial score (nSPS) is 10.0. The van der Waals surface area contributed by atoms with Gasteiger partial charge in [-0.3, -0.25) is 4.79 Å². The van der Waals surface area contributed by atoms with Gasteiger partial charge in [-0.1, -0.05) is 33.8 Å². The van der Waals surface area contributed by atoms with Crippen molar-refractivity contribution in [3.8, 4) is 6.07 Å². The van der Waals surface area contributed by atoms with Crippen molar-refractivity contribution in [2.75, 3.05) is 0 Å². The van der Waals surface area contributed by atoms with Gasteiger partial charge < -0.3 is 5.11 Å². The highest BCUT2D eigenvalue weighted by molar-refractivity contribution is 5.71. The van der Waals surface area contributed by atoms with Crippen LogP contribution < -0.4 is 0 Å². The van der Waals surface area contributed by atoms with Crippen molar-refractivity contribution in [1.29, 1.82) is 5.26 Å². The molecule has 0 amide bonds. The van der Waals surface area contributed by atoms with Crippen LogP contribution in [-0.2, 0) is 4.79 Å². The highest BCUT2D eigenvalue weighted by Crippen LogP contribution is 2.04. The Labute approximate surface area is 79.7 Å². The van der Waals surface area contributed by atoms with Gasteiger partial charge in [-0.25, -0.2) is 0 Å². The molecule has 0 bridgehead atoms. The molecule has 0 saturated carbocycles. The first-order valence-corrected chi connectivity index (χ1v) is 4.39. The van der Waals surface area contributed by atoms with Gasteiger partial charge in [0.15, 0.2) is 0 Å². The fraction of sp³-hybridized carbons (Fsp3) is 0.600. The van der Waals surface area contributed by atoms with E-state index in [2.05, 4.69) is 0 Å². The predicted molar refractivity (Wildman–Crippen MR) is 52.1 cm³/mol. The minimum absolute atomic E-state index is 0.172. The van der Waals surface area contributed by atoms with Crippen molar-refractivity contribution in [3.63, 3.8) is 0 Å². The van der Waals surface area contributed by atoms with Gasteiger partial charge in [0, 0.05) is 5.57 Å². The molecule has 0 atom stereocenters. The van der Waals surface area contributed by atoms with Crippen molar-refractivity contribution in [2.45, 2.75) is 34.1 Å². The lowest BCUT2D eigenvalue weighted by Crippen LogP contribution is -1.97. The highest BCUT2D eigenvalue weighted by atomic mass is 16.4. The number of allylic oxidation sites excluding steroid dienone is 1. The fourth-order valence-corrected chi connectivity index (χ4v) is 0.701. The maximum atomic E-state index is 10.2. The van der Waals surface area contributed by atoms with Crippen molar-refractivity contribution in [1.82, 2.24) is 0 Å². The number of rotatable bonds is 3. The molecule has 13 heavy (non-hydrogen) atoms. The number of nitriles is 1. The molecule has 0 aliphatic heterocycles. The zero-order valence-corrected chi connectivity index (χ0v) is 8.66. The van der Waals surface area contributed by atoms with Gasteiger partial charge in [-0.2, -0.15) is 5.26 Å². The van der Waals surface area contributed by atoms with E-state index in [1.807, 2.05) is 33.8 Å². The summed E-state index contributed by atoms with van der Waals surface area (Å²) in [5, 5.41) is 16.8. The van der Waals surface area contributed by atoms with Crippen LogP contribution in [0, 0.1) is 17.2 Å². The molecule has 3 heteroatoms. The number of hydrogen-bond acceptors (Lipinski definition) is 2. The molecule has 0 spiro atoms. The zero-order chi connectivity index (χ0) is 10.9. The second-order valence-electron chi connectivity index (χ2n) is 2.62. The summed E-state index contributed by atoms with van der Waals surface area (Å²) in [4.78, 5) is 10.2. The van der Waals surface area contributed by atoms with E-state index in [1.54, 1.807) is 6.08 Å². The lowest BCUT2D eigenvalue weighted by Gasteiger charge is -1.96. The topological polar surface area (TPSA) is 61.1 Å². The predicted octanol–water partition coefficient (Wildman–Crippen LogP) is 2.59. The monoisotopic (exact) mass is 183 g/mol. The van der Waals surface area contributed by atoms with Crippen LogP contribution in [0.5, 0.6) is 0 Å². The molecule has 0 aromatic carbocycles. The molecule has 74 valence electrons. The van der Waals surface area contributed by atoms with Crippen molar-refractivity contribution in [2.24, 2.45) is 5.92 Å². The van der Waals surface area contributed by atoms with E-state index >= 15 is 0 Å². The standard InChI is InChI=1S/C8H11NO2.C2H6/c1-6(2)3-7(5-9)4-8(10)11;1-2/h3,6H,4H2,1-2H3,(H,10,11);1-2H3/b7-3+;. The first-order valence-electron chi connectivity index (χ1n) is 4.39. The molecule has 0 unspecified atom stereocenters. The SMILES string of the molecule is CC.CC(C)/C=C(/C#N)CC(=O)O. The molecule has 0 saturated heterocycles. The van der Waals surface area contributed by atoms with Gasteiger partial charge in [0.1, 0.15) is 0 Å². The van der Waals surface area contributed by atoms with E-state index < -0.39 is 5.97 Å². The molecule has 0 aromatic rings. The Morgan fingerprint density at radius 2 is 2.00 bits per heavy atom. The van der Waals surface area contributed by atoms with Crippen LogP contribution >= 0.6 is 0 Å². The Bertz CT molecular complexity index is 211. The van der Waals surface area contributed by atoms with Crippen LogP contribution in [0.25, 0.3) is 0 Å². The molecular formula is C10H17NO2. The summed E-state index contributed by atoms with van der Waals surface area (Å²) in [6.07, 6.45) is 1.49. The zero-order valence-electron chi connectivity index (χ0n) is 8.66. The minimum Gasteiger partial charge on any atom is -0.481 e. The van der Waals surface area contributed by atoms with E-state index in [0.717, 1.165) is 0 Å². The lowest BCUT2D eigenvalue weighted by atomic mass is 10.1. The third kappa shape index (κ3) is 10.7. The Morgan fingerprint density at radius 1 is 1.54 bits per heavy atom. The number of carboxylic acids is 1. The van der Waals surface area contributed by atoms with Gasteiger partial charge in [0.05, 0.1) is 12.5 Å². The summed E-state index contributed by atoms with van der Waals surface area (Å²) in [5.74, 6) is -0.734. The third-order valence-corrected chi connectivity index (χ3v) is 1.02. The van der Waals surface area contributed by atoms with E-state index in [0.29, 0.717) is 5.57 Å². The van der Waals surface area contributed by atoms with E-state index in [1.165, 1.54) is 0 Å². The summed E-state index contributed by atoms with van der Waals surface area (Å²) in [6.45, 7) is 7.80. The number of hydrogen-bond donors (Lipinski definition) is 1. The number of carboxylic acid groups (broad SMARTS) is 1. The maximum absolute atomic E-state index is 10.2.